The van der Waals surface area contributed by atoms with Gasteiger partial charge in [0, 0.05) is 6.42 Å². The monoisotopic (exact) mass is 196 g/mol. The number of ketones is 1. The summed E-state index contributed by atoms with van der Waals surface area (Å²) < 4.78 is 4.96. The molecule has 4 heteroatoms. The molecule has 0 aromatic heterocycles. The van der Waals surface area contributed by atoms with E-state index in [2.05, 4.69) is 0 Å². The molecule has 0 amide bonds. The van der Waals surface area contributed by atoms with Crippen molar-refractivity contribution in [3.8, 4) is 0 Å². The summed E-state index contributed by atoms with van der Waals surface area (Å²) in [4.78, 5) is 21.4. The van der Waals surface area contributed by atoms with Gasteiger partial charge in [-0.3, -0.25) is 4.79 Å². The van der Waals surface area contributed by atoms with Gasteiger partial charge < -0.3 is 4.74 Å². The minimum Gasteiger partial charge on any atom is -0.493 e. The second-order valence-corrected chi connectivity index (χ2v) is 3.39. The Balaban J connectivity index is 2.31. The Morgan fingerprint density at radius 1 is 1.50 bits per heavy atom. The molecule has 1 heterocycles. The van der Waals surface area contributed by atoms with Gasteiger partial charge in [0.25, 0.3) is 0 Å². The molecule has 1 aliphatic carbocycles. The number of fused-ring (bicyclic) bond motifs is 1. The zero-order valence-electron chi connectivity index (χ0n) is 8.15. The van der Waals surface area contributed by atoms with E-state index in [1.807, 2.05) is 13.0 Å². The third-order valence-electron chi connectivity index (χ3n) is 2.29. The van der Waals surface area contributed by atoms with Crippen molar-refractivity contribution in [2.24, 2.45) is 0 Å². The number of allylic oxidation sites excluding steroid dienone is 1. The maximum absolute atomic E-state index is 11.4. The van der Waals surface area contributed by atoms with Gasteiger partial charge in [-0.2, -0.15) is 0 Å². The van der Waals surface area contributed by atoms with Gasteiger partial charge >= 0.3 is 0 Å². The van der Waals surface area contributed by atoms with E-state index in [1.54, 1.807) is 6.08 Å². The summed E-state index contributed by atoms with van der Waals surface area (Å²) in [6.45, 7) is 1.87. The zero-order valence-corrected chi connectivity index (χ0v) is 8.15. The number of rotatable bonds is 1. The lowest BCUT2D eigenvalue weighted by atomic mass is 9.95. The van der Waals surface area contributed by atoms with E-state index in [0.717, 1.165) is 5.57 Å². The van der Waals surface area contributed by atoms with Crippen molar-refractivity contribution >= 4 is 5.78 Å². The molecule has 0 aromatic rings. The van der Waals surface area contributed by atoms with Gasteiger partial charge in [0.1, 0.15) is 12.2 Å². The molecule has 2 atom stereocenters. The molecule has 76 valence electrons. The second kappa shape index (κ2) is 3.55. The minimum atomic E-state index is -0.266. The molecule has 0 radical (unpaired) electrons. The first-order valence-electron chi connectivity index (χ1n) is 4.53. The fourth-order valence-corrected chi connectivity index (χ4v) is 1.58. The lowest BCUT2D eigenvalue weighted by Gasteiger charge is -2.27. The maximum Gasteiger partial charge on any atom is 0.200 e. The zero-order chi connectivity index (χ0) is 10.1. The first-order chi connectivity index (χ1) is 6.70. The van der Waals surface area contributed by atoms with Gasteiger partial charge in [0.15, 0.2) is 11.5 Å². The van der Waals surface area contributed by atoms with Crippen LogP contribution in [-0.4, -0.2) is 25.1 Å². The molecule has 0 fully saturated rings. The summed E-state index contributed by atoms with van der Waals surface area (Å²) in [6, 6.07) is 0. The Kier molecular flexibility index (Phi) is 2.39. The van der Waals surface area contributed by atoms with Crippen LogP contribution in [0.5, 0.6) is 0 Å². The molecule has 1 aliphatic heterocycles. The lowest BCUT2D eigenvalue weighted by molar-refractivity contribution is -0.338. The molecule has 0 spiro atoms. The largest absolute Gasteiger partial charge is 0.493 e. The molecule has 0 unspecified atom stereocenters. The van der Waals surface area contributed by atoms with Crippen LogP contribution in [0.2, 0.25) is 0 Å². The van der Waals surface area contributed by atoms with Crippen molar-refractivity contribution in [3.63, 3.8) is 0 Å². The average molecular weight is 196 g/mol. The van der Waals surface area contributed by atoms with Crippen LogP contribution < -0.4 is 0 Å². The molecule has 0 aromatic carbocycles. The van der Waals surface area contributed by atoms with E-state index >= 15 is 0 Å². The maximum atomic E-state index is 11.4. The van der Waals surface area contributed by atoms with E-state index in [0.29, 0.717) is 5.76 Å². The molecule has 0 saturated carbocycles. The van der Waals surface area contributed by atoms with Gasteiger partial charge in [-0.1, -0.05) is 0 Å². The predicted molar refractivity (Wildman–Crippen MR) is 48.2 cm³/mol. The van der Waals surface area contributed by atoms with Crippen molar-refractivity contribution in [1.82, 2.24) is 0 Å². The summed E-state index contributed by atoms with van der Waals surface area (Å²) in [7, 11) is 1.49. The van der Waals surface area contributed by atoms with Crippen molar-refractivity contribution in [2.75, 3.05) is 7.11 Å². The van der Waals surface area contributed by atoms with Gasteiger partial charge in [-0.25, -0.2) is 9.78 Å². The van der Waals surface area contributed by atoms with Crippen molar-refractivity contribution < 1.29 is 19.3 Å². The highest BCUT2D eigenvalue weighted by Crippen LogP contribution is 2.27. The fraction of sp³-hybridized carbons (Fsp3) is 0.500. The normalized spacial score (nSPS) is 31.7. The molecule has 0 saturated heterocycles. The van der Waals surface area contributed by atoms with Crippen molar-refractivity contribution in [3.05, 3.63) is 23.5 Å². The second-order valence-electron chi connectivity index (χ2n) is 3.39. The number of hydrogen-bond donors (Lipinski definition) is 0. The molecule has 2 aliphatic rings. The van der Waals surface area contributed by atoms with Crippen LogP contribution in [-0.2, 0) is 19.3 Å². The minimum absolute atomic E-state index is 0.0483. The van der Waals surface area contributed by atoms with Crippen LogP contribution in [0.25, 0.3) is 0 Å². The van der Waals surface area contributed by atoms with Gasteiger partial charge in [0.2, 0.25) is 0 Å². The topological polar surface area (TPSA) is 44.8 Å². The molecule has 2 rings (SSSR count). The van der Waals surface area contributed by atoms with E-state index in [1.165, 1.54) is 7.11 Å². The third-order valence-corrected chi connectivity index (χ3v) is 2.29. The van der Waals surface area contributed by atoms with Crippen LogP contribution in [0.4, 0.5) is 0 Å². The smallest absolute Gasteiger partial charge is 0.200 e. The van der Waals surface area contributed by atoms with E-state index in [-0.39, 0.29) is 24.4 Å². The van der Waals surface area contributed by atoms with Crippen molar-refractivity contribution in [2.45, 2.75) is 25.6 Å². The van der Waals surface area contributed by atoms with Crippen LogP contribution in [0.3, 0.4) is 0 Å². The van der Waals surface area contributed by atoms with Crippen LogP contribution in [0.1, 0.15) is 13.3 Å². The quantitative estimate of drug-likeness (QED) is 0.590. The summed E-state index contributed by atoms with van der Waals surface area (Å²) in [6.07, 6.45) is 3.59. The van der Waals surface area contributed by atoms with Gasteiger partial charge in [-0.15, -0.1) is 0 Å². The summed E-state index contributed by atoms with van der Waals surface area (Å²) in [5.74, 6) is 0.345. The number of ether oxygens (including phenoxy) is 1. The Bertz CT molecular complexity index is 316. The predicted octanol–water partition coefficient (Wildman–Crippen LogP) is 1.13. The SMILES string of the molecule is COC1=CC2=C[C@@H](C)OO[C@H]2CC1=O. The van der Waals surface area contributed by atoms with E-state index in [4.69, 9.17) is 14.5 Å². The highest BCUT2D eigenvalue weighted by Gasteiger charge is 2.31. The Hall–Kier alpha value is -1.13. The number of hydrogen-bond acceptors (Lipinski definition) is 4. The fourth-order valence-electron chi connectivity index (χ4n) is 1.58. The van der Waals surface area contributed by atoms with Crippen LogP contribution >= 0.6 is 0 Å². The van der Waals surface area contributed by atoms with Crippen molar-refractivity contribution in [1.29, 1.82) is 0 Å². The number of methoxy groups -OCH3 is 1. The van der Waals surface area contributed by atoms with E-state index < -0.39 is 0 Å². The van der Waals surface area contributed by atoms with Gasteiger partial charge in [0.05, 0.1) is 7.11 Å². The highest BCUT2D eigenvalue weighted by atomic mass is 17.2. The van der Waals surface area contributed by atoms with Gasteiger partial charge in [-0.05, 0) is 24.6 Å². The molecular formula is C10H12O4. The molecular weight excluding hydrogens is 184 g/mol. The molecule has 14 heavy (non-hydrogen) atoms. The molecule has 4 nitrogen and oxygen atoms in total. The Morgan fingerprint density at radius 3 is 3.00 bits per heavy atom. The third kappa shape index (κ3) is 1.58. The summed E-state index contributed by atoms with van der Waals surface area (Å²) in [5.41, 5.74) is 0.959. The lowest BCUT2D eigenvalue weighted by Crippen LogP contribution is -2.31. The number of carbonyl (C=O) groups is 1. The molecule has 0 N–H and O–H groups in total. The average Bonchev–Trinajstić information content (AvgIpc) is 2.17. The van der Waals surface area contributed by atoms with E-state index in [9.17, 15) is 4.79 Å². The summed E-state index contributed by atoms with van der Waals surface area (Å²) >= 11 is 0. The highest BCUT2D eigenvalue weighted by molar-refractivity contribution is 5.96. The van der Waals surface area contributed by atoms with Crippen LogP contribution in [0, 0.1) is 0 Å². The Morgan fingerprint density at radius 2 is 2.29 bits per heavy atom. The standard InChI is InChI=1S/C10H12O4/c1-6-3-7-4-10(12-2)8(11)5-9(7)14-13-6/h3-4,6,9H,5H2,1-2H3/t6-,9+/m1/s1. The first-order valence-corrected chi connectivity index (χ1v) is 4.53. The first kappa shape index (κ1) is 9.43. The summed E-state index contributed by atoms with van der Waals surface area (Å²) in [5, 5.41) is 0. The number of Topliss-reactive ketones (excluding diaryl/α,β-unsaturated/α-hetero) is 1. The molecule has 0 bridgehead atoms. The van der Waals surface area contributed by atoms with Crippen LogP contribution in [0.15, 0.2) is 23.5 Å². The Labute approximate surface area is 82.1 Å². The number of carbonyl (C=O) groups excluding carboxylic acids is 1.